The van der Waals surface area contributed by atoms with Gasteiger partial charge in [0.2, 0.25) is 0 Å². The Bertz CT molecular complexity index is 510. The smallest absolute Gasteiger partial charge is 0.405 e. The Balaban J connectivity index is 0.00000264. The largest absolute Gasteiger partial charge is 0.573 e. The number of nitrogens with two attached hydrogens (primary N) is 1. The van der Waals surface area contributed by atoms with Crippen molar-refractivity contribution in [3.63, 3.8) is 0 Å². The van der Waals surface area contributed by atoms with Crippen molar-refractivity contribution in [2.45, 2.75) is 50.6 Å². The minimum atomic E-state index is -4.79. The van der Waals surface area contributed by atoms with E-state index >= 15 is 0 Å². The standard InChI is InChI=1S/C15H19BrF3NO2.ClH/c16-10-6-7-12(22-15(17,18)19)11(8-10)13(20)14(21)9-4-2-1-3-5-9;/h6-9,13-14,21H,1-5,20H2;1H/t13-,14+;/m0./s1. The van der Waals surface area contributed by atoms with Gasteiger partial charge in [0, 0.05) is 10.0 Å². The number of hydrogen-bond donors (Lipinski definition) is 2. The third-order valence-corrected chi connectivity index (χ3v) is 4.55. The van der Waals surface area contributed by atoms with Crippen LogP contribution in [0.25, 0.3) is 0 Å². The normalized spacial score (nSPS) is 18.9. The molecule has 0 saturated heterocycles. The highest BCUT2D eigenvalue weighted by molar-refractivity contribution is 9.10. The molecule has 1 aromatic carbocycles. The Morgan fingerprint density at radius 3 is 2.39 bits per heavy atom. The van der Waals surface area contributed by atoms with Crippen LogP contribution in [0.15, 0.2) is 22.7 Å². The number of ether oxygens (including phenoxy) is 1. The zero-order valence-electron chi connectivity index (χ0n) is 12.4. The van der Waals surface area contributed by atoms with Crippen molar-refractivity contribution in [1.82, 2.24) is 0 Å². The van der Waals surface area contributed by atoms with Crippen LogP contribution in [0.1, 0.15) is 43.7 Å². The van der Waals surface area contributed by atoms with Gasteiger partial charge in [0.1, 0.15) is 5.75 Å². The van der Waals surface area contributed by atoms with Crippen LogP contribution in [-0.2, 0) is 0 Å². The molecule has 1 fully saturated rings. The molecule has 1 aromatic rings. The van der Waals surface area contributed by atoms with E-state index in [0.717, 1.165) is 32.1 Å². The van der Waals surface area contributed by atoms with Gasteiger partial charge in [0.25, 0.3) is 0 Å². The minimum Gasteiger partial charge on any atom is -0.405 e. The lowest BCUT2D eigenvalue weighted by Gasteiger charge is -2.31. The molecule has 23 heavy (non-hydrogen) atoms. The molecule has 0 spiro atoms. The number of hydrogen-bond acceptors (Lipinski definition) is 3. The fourth-order valence-corrected chi connectivity index (χ4v) is 3.33. The molecule has 0 unspecified atom stereocenters. The van der Waals surface area contributed by atoms with Gasteiger partial charge in [-0.25, -0.2) is 0 Å². The van der Waals surface area contributed by atoms with Crippen LogP contribution >= 0.6 is 28.3 Å². The number of aliphatic hydroxyl groups excluding tert-OH is 1. The van der Waals surface area contributed by atoms with Gasteiger partial charge in [0.05, 0.1) is 12.1 Å². The lowest BCUT2D eigenvalue weighted by Crippen LogP contribution is -2.34. The number of aliphatic hydroxyl groups is 1. The van der Waals surface area contributed by atoms with E-state index in [1.165, 1.54) is 18.2 Å². The SMILES string of the molecule is Cl.N[C@@H](c1cc(Br)ccc1OC(F)(F)F)[C@H](O)C1CCCCC1. The maximum atomic E-state index is 12.5. The van der Waals surface area contributed by atoms with Crippen LogP contribution in [-0.4, -0.2) is 17.6 Å². The van der Waals surface area contributed by atoms with Crippen LogP contribution in [0, 0.1) is 5.92 Å². The fourth-order valence-electron chi connectivity index (χ4n) is 2.95. The molecule has 132 valence electrons. The van der Waals surface area contributed by atoms with Crippen molar-refractivity contribution >= 4 is 28.3 Å². The van der Waals surface area contributed by atoms with Crippen LogP contribution < -0.4 is 10.5 Å². The summed E-state index contributed by atoms with van der Waals surface area (Å²) in [5.74, 6) is -0.348. The molecule has 8 heteroatoms. The van der Waals surface area contributed by atoms with Crippen molar-refractivity contribution in [3.05, 3.63) is 28.2 Å². The summed E-state index contributed by atoms with van der Waals surface area (Å²) in [5.41, 5.74) is 6.20. The third-order valence-electron chi connectivity index (χ3n) is 4.06. The summed E-state index contributed by atoms with van der Waals surface area (Å²) in [7, 11) is 0. The third kappa shape index (κ3) is 5.81. The quantitative estimate of drug-likeness (QED) is 0.744. The molecule has 2 atom stereocenters. The molecule has 0 heterocycles. The van der Waals surface area contributed by atoms with Crippen molar-refractivity contribution in [2.24, 2.45) is 11.7 Å². The van der Waals surface area contributed by atoms with Crippen LogP contribution in [0.3, 0.4) is 0 Å². The Kier molecular flexibility index (Phi) is 7.64. The fraction of sp³-hybridized carbons (Fsp3) is 0.600. The Morgan fingerprint density at radius 1 is 1.22 bits per heavy atom. The van der Waals surface area contributed by atoms with E-state index in [1.807, 2.05) is 0 Å². The molecule has 1 saturated carbocycles. The molecule has 1 aliphatic carbocycles. The summed E-state index contributed by atoms with van der Waals surface area (Å²) < 4.78 is 42.1. The lowest BCUT2D eigenvalue weighted by atomic mass is 9.81. The number of benzene rings is 1. The maximum Gasteiger partial charge on any atom is 0.573 e. The second-order valence-corrected chi connectivity index (χ2v) is 6.56. The summed E-state index contributed by atoms with van der Waals surface area (Å²) in [6.45, 7) is 0. The summed E-state index contributed by atoms with van der Waals surface area (Å²) in [6, 6.07) is 3.21. The summed E-state index contributed by atoms with van der Waals surface area (Å²) in [6.07, 6.45) is -0.838. The topological polar surface area (TPSA) is 55.5 Å². The van der Waals surface area contributed by atoms with Gasteiger partial charge in [-0.3, -0.25) is 0 Å². The average Bonchev–Trinajstić information content (AvgIpc) is 2.47. The number of rotatable bonds is 4. The van der Waals surface area contributed by atoms with E-state index < -0.39 is 18.5 Å². The van der Waals surface area contributed by atoms with Crippen molar-refractivity contribution in [3.8, 4) is 5.75 Å². The Labute approximate surface area is 147 Å². The molecule has 0 amide bonds. The molecule has 3 nitrogen and oxygen atoms in total. The zero-order valence-corrected chi connectivity index (χ0v) is 14.8. The van der Waals surface area contributed by atoms with Crippen LogP contribution in [0.5, 0.6) is 5.75 Å². The number of halogens is 5. The zero-order chi connectivity index (χ0) is 16.3. The van der Waals surface area contributed by atoms with Gasteiger partial charge in [0.15, 0.2) is 0 Å². The highest BCUT2D eigenvalue weighted by atomic mass is 79.9. The monoisotopic (exact) mass is 417 g/mol. The lowest BCUT2D eigenvalue weighted by molar-refractivity contribution is -0.275. The van der Waals surface area contributed by atoms with Gasteiger partial charge in [-0.05, 0) is 37.0 Å². The molecule has 0 aromatic heterocycles. The predicted octanol–water partition coefficient (Wildman–Crippen LogP) is 4.71. The Morgan fingerprint density at radius 2 is 1.83 bits per heavy atom. The summed E-state index contributed by atoms with van der Waals surface area (Å²) >= 11 is 3.22. The molecule has 2 rings (SSSR count). The summed E-state index contributed by atoms with van der Waals surface area (Å²) in [5, 5.41) is 10.4. The average molecular weight is 419 g/mol. The van der Waals surface area contributed by atoms with Gasteiger partial charge in [-0.15, -0.1) is 25.6 Å². The predicted molar refractivity (Wildman–Crippen MR) is 87.6 cm³/mol. The first-order valence-electron chi connectivity index (χ1n) is 7.27. The molecular formula is C15H20BrClF3NO2. The molecule has 0 aliphatic heterocycles. The van der Waals surface area contributed by atoms with Crippen molar-refractivity contribution < 1.29 is 23.0 Å². The Hall–Kier alpha value is -0.500. The highest BCUT2D eigenvalue weighted by Crippen LogP contribution is 2.37. The summed E-state index contributed by atoms with van der Waals surface area (Å²) in [4.78, 5) is 0. The van der Waals surface area contributed by atoms with Crippen molar-refractivity contribution in [2.75, 3.05) is 0 Å². The van der Waals surface area contributed by atoms with Crippen LogP contribution in [0.4, 0.5) is 13.2 Å². The molecule has 0 bridgehead atoms. The van der Waals surface area contributed by atoms with Gasteiger partial charge in [-0.1, -0.05) is 35.2 Å². The van der Waals surface area contributed by atoms with Gasteiger partial charge >= 0.3 is 6.36 Å². The first kappa shape index (κ1) is 20.5. The second-order valence-electron chi connectivity index (χ2n) is 5.64. The molecular weight excluding hydrogens is 399 g/mol. The maximum absolute atomic E-state index is 12.5. The molecule has 0 radical (unpaired) electrons. The van der Waals surface area contributed by atoms with E-state index in [4.69, 9.17) is 5.73 Å². The van der Waals surface area contributed by atoms with Crippen molar-refractivity contribution in [1.29, 1.82) is 0 Å². The minimum absolute atomic E-state index is 0. The first-order chi connectivity index (χ1) is 10.3. The number of alkyl halides is 3. The van der Waals surface area contributed by atoms with Crippen LogP contribution in [0.2, 0.25) is 0 Å². The van der Waals surface area contributed by atoms with E-state index in [-0.39, 0.29) is 29.6 Å². The first-order valence-corrected chi connectivity index (χ1v) is 8.06. The van der Waals surface area contributed by atoms with Gasteiger partial charge < -0.3 is 15.6 Å². The molecule has 1 aliphatic rings. The highest BCUT2D eigenvalue weighted by Gasteiger charge is 2.35. The second kappa shape index (κ2) is 8.55. The van der Waals surface area contributed by atoms with E-state index in [9.17, 15) is 18.3 Å². The van der Waals surface area contributed by atoms with Gasteiger partial charge in [-0.2, -0.15) is 0 Å². The van der Waals surface area contributed by atoms with E-state index in [0.29, 0.717) is 4.47 Å². The molecule has 3 N–H and O–H groups in total. The van der Waals surface area contributed by atoms with E-state index in [2.05, 4.69) is 20.7 Å². The van der Waals surface area contributed by atoms with E-state index in [1.54, 1.807) is 0 Å².